The van der Waals surface area contributed by atoms with E-state index in [2.05, 4.69) is 22.8 Å². The van der Waals surface area contributed by atoms with E-state index in [0.29, 0.717) is 6.04 Å². The first-order valence-electron chi connectivity index (χ1n) is 5.60. The monoisotopic (exact) mass is 204 g/mol. The quantitative estimate of drug-likeness (QED) is 0.532. The molecule has 3 N–H and O–H groups in total. The summed E-state index contributed by atoms with van der Waals surface area (Å²) < 4.78 is 0. The van der Waals surface area contributed by atoms with Crippen molar-refractivity contribution in [1.29, 1.82) is 0 Å². The molecular formula is C12H16N2O. The molecule has 0 radical (unpaired) electrons. The van der Waals surface area contributed by atoms with Gasteiger partial charge < -0.3 is 15.7 Å². The Bertz CT molecular complexity index is 357. The van der Waals surface area contributed by atoms with Crippen molar-refractivity contribution in [2.45, 2.75) is 18.6 Å². The summed E-state index contributed by atoms with van der Waals surface area (Å²) in [5.41, 5.74) is 2.54. The minimum atomic E-state index is -0.313. The molecule has 0 aromatic carbocycles. The molecule has 0 amide bonds. The van der Waals surface area contributed by atoms with Crippen LogP contribution in [-0.2, 0) is 0 Å². The molecule has 2 aliphatic carbocycles. The Kier molecular flexibility index (Phi) is 2.15. The van der Waals surface area contributed by atoms with E-state index in [9.17, 15) is 5.11 Å². The second kappa shape index (κ2) is 3.51. The van der Waals surface area contributed by atoms with E-state index in [1.165, 1.54) is 11.3 Å². The van der Waals surface area contributed by atoms with Gasteiger partial charge in [0.2, 0.25) is 0 Å². The summed E-state index contributed by atoms with van der Waals surface area (Å²) in [4.78, 5) is 0. The van der Waals surface area contributed by atoms with E-state index in [4.69, 9.17) is 0 Å². The molecule has 3 rings (SSSR count). The third-order valence-electron chi connectivity index (χ3n) is 3.47. The van der Waals surface area contributed by atoms with Crippen LogP contribution in [0.1, 0.15) is 6.42 Å². The first kappa shape index (κ1) is 9.19. The number of aliphatic hydroxyl groups excluding tert-OH is 1. The van der Waals surface area contributed by atoms with Gasteiger partial charge in [-0.3, -0.25) is 0 Å². The fourth-order valence-electron chi connectivity index (χ4n) is 2.65. The lowest BCUT2D eigenvalue weighted by molar-refractivity contribution is 0.155. The van der Waals surface area contributed by atoms with Gasteiger partial charge in [-0.1, -0.05) is 18.2 Å². The normalized spacial score (nSPS) is 38.3. The Balaban J connectivity index is 1.93. The van der Waals surface area contributed by atoms with Crippen LogP contribution in [0.25, 0.3) is 0 Å². The standard InChI is InChI=1S/C12H16N2O/c15-12-3-1-2-8-6-10-11(7-9(8)12)14-5-4-13-10/h1-3,6,9,11-15H,4-5,7H2. The number of fused-ring (bicyclic) bond motifs is 2. The van der Waals surface area contributed by atoms with Crippen LogP contribution >= 0.6 is 0 Å². The lowest BCUT2D eigenvalue weighted by Crippen LogP contribution is -2.50. The highest BCUT2D eigenvalue weighted by molar-refractivity contribution is 5.39. The highest BCUT2D eigenvalue weighted by Crippen LogP contribution is 2.33. The molecule has 15 heavy (non-hydrogen) atoms. The molecule has 3 atom stereocenters. The Morgan fingerprint density at radius 1 is 1.33 bits per heavy atom. The fraction of sp³-hybridized carbons (Fsp3) is 0.500. The average Bonchev–Trinajstić information content (AvgIpc) is 2.27. The number of allylic oxidation sites excluding steroid dienone is 3. The second-order valence-corrected chi connectivity index (χ2v) is 4.42. The van der Waals surface area contributed by atoms with Crippen LogP contribution in [-0.4, -0.2) is 30.3 Å². The van der Waals surface area contributed by atoms with E-state index in [-0.39, 0.29) is 12.0 Å². The smallest absolute Gasteiger partial charge is 0.0793 e. The van der Waals surface area contributed by atoms with Gasteiger partial charge in [-0.2, -0.15) is 0 Å². The number of piperazine rings is 1. The van der Waals surface area contributed by atoms with Crippen molar-refractivity contribution in [3.63, 3.8) is 0 Å². The zero-order valence-electron chi connectivity index (χ0n) is 8.61. The van der Waals surface area contributed by atoms with Crippen molar-refractivity contribution in [1.82, 2.24) is 10.6 Å². The molecule has 0 saturated carbocycles. The average molecular weight is 204 g/mol. The molecule has 1 fully saturated rings. The largest absolute Gasteiger partial charge is 0.388 e. The zero-order chi connectivity index (χ0) is 10.3. The molecule has 0 spiro atoms. The van der Waals surface area contributed by atoms with Crippen molar-refractivity contribution < 1.29 is 5.11 Å². The zero-order valence-corrected chi connectivity index (χ0v) is 8.61. The fourth-order valence-corrected chi connectivity index (χ4v) is 2.65. The van der Waals surface area contributed by atoms with Gasteiger partial charge in [0, 0.05) is 30.7 Å². The van der Waals surface area contributed by atoms with Crippen molar-refractivity contribution >= 4 is 0 Å². The summed E-state index contributed by atoms with van der Waals surface area (Å²) in [5, 5.41) is 16.8. The molecule has 3 unspecified atom stereocenters. The van der Waals surface area contributed by atoms with Crippen molar-refractivity contribution in [2.75, 3.05) is 13.1 Å². The molecule has 0 bridgehead atoms. The maximum atomic E-state index is 9.89. The number of nitrogens with one attached hydrogen (secondary N) is 2. The van der Waals surface area contributed by atoms with Crippen molar-refractivity contribution in [3.8, 4) is 0 Å². The lowest BCUT2D eigenvalue weighted by atomic mass is 9.78. The molecule has 3 aliphatic rings. The maximum absolute atomic E-state index is 9.89. The van der Waals surface area contributed by atoms with E-state index < -0.39 is 0 Å². The van der Waals surface area contributed by atoms with Gasteiger partial charge in [0.25, 0.3) is 0 Å². The summed E-state index contributed by atoms with van der Waals surface area (Å²) in [5.74, 6) is 0.274. The van der Waals surface area contributed by atoms with Gasteiger partial charge in [-0.15, -0.1) is 0 Å². The van der Waals surface area contributed by atoms with Gasteiger partial charge in [0.15, 0.2) is 0 Å². The van der Waals surface area contributed by atoms with Crippen LogP contribution in [0, 0.1) is 5.92 Å². The van der Waals surface area contributed by atoms with Gasteiger partial charge in [0.1, 0.15) is 0 Å². The van der Waals surface area contributed by atoms with Gasteiger partial charge in [-0.05, 0) is 18.1 Å². The van der Waals surface area contributed by atoms with Crippen LogP contribution in [0.3, 0.4) is 0 Å². The third kappa shape index (κ3) is 1.52. The molecule has 1 aliphatic heterocycles. The van der Waals surface area contributed by atoms with Gasteiger partial charge in [-0.25, -0.2) is 0 Å². The van der Waals surface area contributed by atoms with Crippen molar-refractivity contribution in [2.24, 2.45) is 5.92 Å². The minimum Gasteiger partial charge on any atom is -0.388 e. The third-order valence-corrected chi connectivity index (χ3v) is 3.47. The van der Waals surface area contributed by atoms with Gasteiger partial charge >= 0.3 is 0 Å². The molecule has 3 heteroatoms. The number of hydrogen-bond donors (Lipinski definition) is 3. The highest BCUT2D eigenvalue weighted by Gasteiger charge is 2.32. The number of aliphatic hydroxyl groups is 1. The van der Waals surface area contributed by atoms with E-state index in [1.54, 1.807) is 0 Å². The van der Waals surface area contributed by atoms with Crippen LogP contribution in [0.4, 0.5) is 0 Å². The molecule has 0 aromatic rings. The Hall–Kier alpha value is -1.06. The SMILES string of the molecule is OC1C=CC=C2C=C3NCCNC3CC21. The maximum Gasteiger partial charge on any atom is 0.0793 e. The van der Waals surface area contributed by atoms with Crippen LogP contribution in [0.15, 0.2) is 35.6 Å². The molecular weight excluding hydrogens is 188 g/mol. The summed E-state index contributed by atoms with van der Waals surface area (Å²) in [6, 6.07) is 0.405. The minimum absolute atomic E-state index is 0.274. The van der Waals surface area contributed by atoms with E-state index in [0.717, 1.165) is 19.5 Å². The van der Waals surface area contributed by atoms with Crippen molar-refractivity contribution in [3.05, 3.63) is 35.6 Å². The van der Waals surface area contributed by atoms with Crippen LogP contribution in [0.5, 0.6) is 0 Å². The van der Waals surface area contributed by atoms with Crippen LogP contribution in [0.2, 0.25) is 0 Å². The van der Waals surface area contributed by atoms with E-state index in [1.807, 2.05) is 12.2 Å². The first-order valence-corrected chi connectivity index (χ1v) is 5.60. The summed E-state index contributed by atoms with van der Waals surface area (Å²) in [6.07, 6.45) is 8.81. The summed E-state index contributed by atoms with van der Waals surface area (Å²) >= 11 is 0. The molecule has 1 saturated heterocycles. The summed E-state index contributed by atoms with van der Waals surface area (Å²) in [7, 11) is 0. The Morgan fingerprint density at radius 2 is 2.27 bits per heavy atom. The molecule has 80 valence electrons. The number of hydrogen-bond acceptors (Lipinski definition) is 3. The predicted molar refractivity (Wildman–Crippen MR) is 59.2 cm³/mol. The molecule has 0 aromatic heterocycles. The predicted octanol–water partition coefficient (Wildman–Crippen LogP) is 0.309. The summed E-state index contributed by atoms with van der Waals surface area (Å²) in [6.45, 7) is 2.01. The lowest BCUT2D eigenvalue weighted by Gasteiger charge is -2.38. The van der Waals surface area contributed by atoms with E-state index >= 15 is 0 Å². The number of rotatable bonds is 0. The molecule has 1 heterocycles. The Labute approximate surface area is 89.6 Å². The first-order chi connectivity index (χ1) is 7.34. The van der Waals surface area contributed by atoms with Crippen LogP contribution < -0.4 is 10.6 Å². The highest BCUT2D eigenvalue weighted by atomic mass is 16.3. The second-order valence-electron chi connectivity index (χ2n) is 4.42. The Morgan fingerprint density at radius 3 is 3.20 bits per heavy atom. The van der Waals surface area contributed by atoms with Gasteiger partial charge in [0.05, 0.1) is 6.10 Å². The topological polar surface area (TPSA) is 44.3 Å². The molecule has 3 nitrogen and oxygen atoms in total.